The smallest absolute Gasteiger partial charge is 0.254 e. The molecule has 0 atom stereocenters. The van der Waals surface area contributed by atoms with Crippen molar-refractivity contribution < 1.29 is 9.21 Å². The van der Waals surface area contributed by atoms with Crippen molar-refractivity contribution in [3.8, 4) is 22.9 Å². The number of hydrogen-bond acceptors (Lipinski definition) is 6. The van der Waals surface area contributed by atoms with E-state index in [-0.39, 0.29) is 5.91 Å². The lowest BCUT2D eigenvalue weighted by molar-refractivity contribution is 0.0781. The maximum atomic E-state index is 13.0. The topological polar surface area (TPSA) is 85.0 Å². The lowest BCUT2D eigenvalue weighted by Gasteiger charge is -2.17. The van der Waals surface area contributed by atoms with Gasteiger partial charge in [0.15, 0.2) is 0 Å². The zero-order chi connectivity index (χ0) is 23.7. The highest BCUT2D eigenvalue weighted by molar-refractivity contribution is 5.94. The molecule has 0 aliphatic heterocycles. The van der Waals surface area contributed by atoms with E-state index >= 15 is 0 Å². The molecule has 0 N–H and O–H groups in total. The van der Waals surface area contributed by atoms with Crippen molar-refractivity contribution >= 4 is 16.8 Å². The first-order valence-electron chi connectivity index (χ1n) is 11.0. The average Bonchev–Trinajstić information content (AvgIpc) is 3.34. The normalized spacial score (nSPS) is 11.0. The summed E-state index contributed by atoms with van der Waals surface area (Å²) in [5.74, 6) is 1.36. The van der Waals surface area contributed by atoms with Crippen LogP contribution in [0.3, 0.4) is 0 Å². The van der Waals surface area contributed by atoms with Crippen LogP contribution in [0.4, 0.5) is 0 Å². The van der Waals surface area contributed by atoms with Crippen LogP contribution in [0.5, 0.6) is 0 Å². The fourth-order valence-corrected chi connectivity index (χ4v) is 3.86. The molecule has 3 aromatic carbocycles. The number of para-hydroxylation sites is 1. The Morgan fingerprint density at radius 1 is 0.853 bits per heavy atom. The van der Waals surface area contributed by atoms with E-state index in [1.165, 1.54) is 0 Å². The van der Waals surface area contributed by atoms with E-state index < -0.39 is 0 Å². The third-order valence-corrected chi connectivity index (χ3v) is 5.63. The second kappa shape index (κ2) is 8.86. The monoisotopic (exact) mass is 449 g/mol. The maximum absolute atomic E-state index is 13.0. The third kappa shape index (κ3) is 4.28. The van der Waals surface area contributed by atoms with Crippen molar-refractivity contribution in [2.45, 2.75) is 20.4 Å². The first-order chi connectivity index (χ1) is 16.5. The molecular weight excluding hydrogens is 426 g/mol. The van der Waals surface area contributed by atoms with Gasteiger partial charge in [0, 0.05) is 34.8 Å². The van der Waals surface area contributed by atoms with Gasteiger partial charge in [0.2, 0.25) is 11.8 Å². The van der Waals surface area contributed by atoms with E-state index in [4.69, 9.17) is 4.42 Å². The molecule has 34 heavy (non-hydrogen) atoms. The number of benzene rings is 3. The number of rotatable bonds is 5. The van der Waals surface area contributed by atoms with Crippen LogP contribution in [0, 0.1) is 13.8 Å². The van der Waals surface area contributed by atoms with E-state index in [2.05, 4.69) is 20.2 Å². The van der Waals surface area contributed by atoms with Crippen LogP contribution in [-0.4, -0.2) is 38.0 Å². The number of fused-ring (bicyclic) bond motifs is 1. The average molecular weight is 450 g/mol. The highest BCUT2D eigenvalue weighted by Crippen LogP contribution is 2.25. The quantitative estimate of drug-likeness (QED) is 0.365. The molecule has 0 fully saturated rings. The number of aryl methyl sites for hydroxylation is 2. The van der Waals surface area contributed by atoms with Gasteiger partial charge in [0.25, 0.3) is 5.91 Å². The van der Waals surface area contributed by atoms with E-state index in [1.807, 2.05) is 74.5 Å². The van der Waals surface area contributed by atoms with Crippen molar-refractivity contribution in [3.05, 3.63) is 95.4 Å². The second-order valence-corrected chi connectivity index (χ2v) is 8.26. The molecule has 0 bridgehead atoms. The number of hydrogen-bond donors (Lipinski definition) is 0. The molecule has 5 aromatic rings. The Labute approximate surface area is 197 Å². The highest BCUT2D eigenvalue weighted by atomic mass is 16.4. The highest BCUT2D eigenvalue weighted by Gasteiger charge is 2.16. The molecule has 5 rings (SSSR count). The van der Waals surface area contributed by atoms with Gasteiger partial charge in [-0.3, -0.25) is 4.79 Å². The van der Waals surface area contributed by atoms with Crippen molar-refractivity contribution in [2.24, 2.45) is 0 Å². The standard InChI is InChI=1S/C27H23N5O2/c1-17-7-6-8-21(15-17)26-31-30-25(34-26)19-11-13-20(14-12-19)27(33)32(3)16-24-28-18(2)22-9-4-5-10-23(22)29-24/h4-15H,16H2,1-3H3. The first kappa shape index (κ1) is 21.5. The van der Waals surface area contributed by atoms with Crippen LogP contribution >= 0.6 is 0 Å². The molecule has 168 valence electrons. The molecule has 2 aromatic heterocycles. The van der Waals surface area contributed by atoms with Gasteiger partial charge in [-0.25, -0.2) is 9.97 Å². The lowest BCUT2D eigenvalue weighted by atomic mass is 10.1. The minimum absolute atomic E-state index is 0.119. The van der Waals surface area contributed by atoms with Gasteiger partial charge < -0.3 is 9.32 Å². The fourth-order valence-electron chi connectivity index (χ4n) is 3.86. The minimum Gasteiger partial charge on any atom is -0.416 e. The Morgan fingerprint density at radius 2 is 1.59 bits per heavy atom. The molecule has 0 aliphatic carbocycles. The summed E-state index contributed by atoms with van der Waals surface area (Å²) >= 11 is 0. The van der Waals surface area contributed by atoms with E-state index in [0.29, 0.717) is 29.7 Å². The number of nitrogens with zero attached hydrogens (tertiary/aromatic N) is 5. The predicted molar refractivity (Wildman–Crippen MR) is 130 cm³/mol. The number of carbonyl (C=O) groups is 1. The van der Waals surface area contributed by atoms with Gasteiger partial charge in [-0.15, -0.1) is 10.2 Å². The predicted octanol–water partition coefficient (Wildman–Crippen LogP) is 5.24. The molecule has 0 aliphatic rings. The fraction of sp³-hybridized carbons (Fsp3) is 0.148. The Hall–Kier alpha value is -4.39. The van der Waals surface area contributed by atoms with Gasteiger partial charge >= 0.3 is 0 Å². The third-order valence-electron chi connectivity index (χ3n) is 5.63. The van der Waals surface area contributed by atoms with Gasteiger partial charge in [-0.05, 0) is 56.3 Å². The molecule has 0 unspecified atom stereocenters. The SMILES string of the molecule is Cc1cccc(-c2nnc(-c3ccc(C(=O)N(C)Cc4nc(C)c5ccccc5n4)cc3)o2)c1. The Bertz CT molecular complexity index is 1490. The van der Waals surface area contributed by atoms with Crippen molar-refractivity contribution in [3.63, 3.8) is 0 Å². The molecule has 0 spiro atoms. The van der Waals surface area contributed by atoms with Gasteiger partial charge in [0.1, 0.15) is 5.82 Å². The summed E-state index contributed by atoms with van der Waals surface area (Å²) in [6, 6.07) is 22.9. The summed E-state index contributed by atoms with van der Waals surface area (Å²) in [5.41, 5.74) is 5.07. The summed E-state index contributed by atoms with van der Waals surface area (Å²) < 4.78 is 5.85. The van der Waals surface area contributed by atoms with Crippen LogP contribution in [0.25, 0.3) is 33.8 Å². The van der Waals surface area contributed by atoms with E-state index in [1.54, 1.807) is 24.1 Å². The van der Waals surface area contributed by atoms with Crippen LogP contribution in [0.2, 0.25) is 0 Å². The maximum Gasteiger partial charge on any atom is 0.254 e. The van der Waals surface area contributed by atoms with Gasteiger partial charge in [0.05, 0.1) is 12.1 Å². The van der Waals surface area contributed by atoms with Crippen LogP contribution < -0.4 is 0 Å². The van der Waals surface area contributed by atoms with E-state index in [9.17, 15) is 4.79 Å². The van der Waals surface area contributed by atoms with Crippen molar-refractivity contribution in [1.82, 2.24) is 25.1 Å². The number of carbonyl (C=O) groups excluding carboxylic acids is 1. The summed E-state index contributed by atoms with van der Waals surface area (Å²) in [6.45, 7) is 4.28. The van der Waals surface area contributed by atoms with Crippen LogP contribution in [0.15, 0.2) is 77.2 Å². The van der Waals surface area contributed by atoms with Crippen LogP contribution in [-0.2, 0) is 6.54 Å². The molecular formula is C27H23N5O2. The zero-order valence-electron chi connectivity index (χ0n) is 19.2. The Kier molecular flexibility index (Phi) is 5.59. The van der Waals surface area contributed by atoms with E-state index in [0.717, 1.165) is 33.3 Å². The summed E-state index contributed by atoms with van der Waals surface area (Å²) in [5, 5.41) is 9.34. The molecule has 7 nitrogen and oxygen atoms in total. The molecule has 0 radical (unpaired) electrons. The number of aromatic nitrogens is 4. The Morgan fingerprint density at radius 3 is 2.35 bits per heavy atom. The first-order valence-corrected chi connectivity index (χ1v) is 11.0. The largest absolute Gasteiger partial charge is 0.416 e. The zero-order valence-corrected chi connectivity index (χ0v) is 19.2. The Balaban J connectivity index is 1.31. The van der Waals surface area contributed by atoms with Crippen molar-refractivity contribution in [2.75, 3.05) is 7.05 Å². The molecule has 2 heterocycles. The second-order valence-electron chi connectivity index (χ2n) is 8.26. The number of amides is 1. The summed E-state index contributed by atoms with van der Waals surface area (Å²) in [6.07, 6.45) is 0. The minimum atomic E-state index is -0.119. The van der Waals surface area contributed by atoms with Gasteiger partial charge in [-0.1, -0.05) is 35.9 Å². The summed E-state index contributed by atoms with van der Waals surface area (Å²) in [7, 11) is 1.75. The van der Waals surface area contributed by atoms with Crippen LogP contribution in [0.1, 0.15) is 27.4 Å². The summed E-state index contributed by atoms with van der Waals surface area (Å²) in [4.78, 5) is 23.8. The molecule has 0 saturated carbocycles. The molecule has 7 heteroatoms. The molecule has 0 saturated heterocycles. The van der Waals surface area contributed by atoms with Crippen molar-refractivity contribution in [1.29, 1.82) is 0 Å². The molecule has 1 amide bonds. The lowest BCUT2D eigenvalue weighted by Crippen LogP contribution is -2.27. The van der Waals surface area contributed by atoms with Gasteiger partial charge in [-0.2, -0.15) is 0 Å².